The molecule has 0 spiro atoms. The van der Waals surface area contributed by atoms with Crippen LogP contribution in [0.3, 0.4) is 0 Å². The van der Waals surface area contributed by atoms with E-state index >= 15 is 0 Å². The van der Waals surface area contributed by atoms with Crippen LogP contribution < -0.4 is 0 Å². The fourth-order valence-corrected chi connectivity index (χ4v) is 3.57. The first-order chi connectivity index (χ1) is 14.1. The monoisotopic (exact) mass is 384 g/mol. The molecule has 1 aromatic heterocycles. The molecule has 0 amide bonds. The lowest BCUT2D eigenvalue weighted by Gasteiger charge is -2.20. The number of furan rings is 1. The highest BCUT2D eigenvalue weighted by Gasteiger charge is 2.26. The van der Waals surface area contributed by atoms with E-state index in [9.17, 15) is 4.79 Å². The number of allylic oxidation sites excluding steroid dienone is 2. The second kappa shape index (κ2) is 10.4. The van der Waals surface area contributed by atoms with E-state index < -0.39 is 0 Å². The Morgan fingerprint density at radius 3 is 2.03 bits per heavy atom. The van der Waals surface area contributed by atoms with Crippen LogP contribution in [-0.2, 0) is 12.8 Å². The van der Waals surface area contributed by atoms with Crippen molar-refractivity contribution < 1.29 is 9.21 Å². The van der Waals surface area contributed by atoms with Gasteiger partial charge in [0.1, 0.15) is 0 Å². The normalized spacial score (nSPS) is 11.7. The number of hydrogen-bond acceptors (Lipinski definition) is 2. The van der Waals surface area contributed by atoms with Gasteiger partial charge in [0, 0.05) is 0 Å². The number of carbonyl (C=O) groups excluding carboxylic acids is 1. The molecule has 2 heteroatoms. The van der Waals surface area contributed by atoms with Crippen molar-refractivity contribution in [3.8, 4) is 0 Å². The summed E-state index contributed by atoms with van der Waals surface area (Å²) in [4.78, 5) is 13.1. The lowest BCUT2D eigenvalue weighted by Crippen LogP contribution is -2.18. The molecule has 29 heavy (non-hydrogen) atoms. The van der Waals surface area contributed by atoms with Gasteiger partial charge in [0.05, 0.1) is 12.2 Å². The van der Waals surface area contributed by atoms with Gasteiger partial charge in [-0.15, -0.1) is 0 Å². The van der Waals surface area contributed by atoms with Gasteiger partial charge in [-0.2, -0.15) is 0 Å². The summed E-state index contributed by atoms with van der Waals surface area (Å²) in [7, 11) is 0. The first kappa shape index (κ1) is 20.6. The van der Waals surface area contributed by atoms with E-state index in [2.05, 4.69) is 49.6 Å². The summed E-state index contributed by atoms with van der Waals surface area (Å²) >= 11 is 0. The molecule has 0 N–H and O–H groups in total. The van der Waals surface area contributed by atoms with E-state index in [0.717, 1.165) is 36.8 Å². The van der Waals surface area contributed by atoms with Crippen molar-refractivity contribution in [1.82, 2.24) is 0 Å². The van der Waals surface area contributed by atoms with Crippen LogP contribution >= 0.6 is 0 Å². The number of rotatable bonds is 11. The molecule has 0 aliphatic rings. The number of hydrogen-bond donors (Lipinski definition) is 0. The van der Waals surface area contributed by atoms with Gasteiger partial charge in [-0.25, -0.2) is 0 Å². The highest BCUT2D eigenvalue weighted by Crippen LogP contribution is 2.29. The van der Waals surface area contributed by atoms with Gasteiger partial charge in [0.25, 0.3) is 0 Å². The Morgan fingerprint density at radius 2 is 1.45 bits per heavy atom. The van der Waals surface area contributed by atoms with Crippen LogP contribution in [0.25, 0.3) is 0 Å². The highest BCUT2D eigenvalue weighted by atomic mass is 16.3. The largest absolute Gasteiger partial charge is 0.461 e. The summed E-state index contributed by atoms with van der Waals surface area (Å²) in [5.74, 6) is 0.0621. The van der Waals surface area contributed by atoms with Crippen molar-refractivity contribution in [2.75, 3.05) is 0 Å². The maximum absolute atomic E-state index is 13.1. The zero-order chi connectivity index (χ0) is 20.5. The molecule has 0 radical (unpaired) electrons. The van der Waals surface area contributed by atoms with Crippen molar-refractivity contribution in [1.29, 1.82) is 0 Å². The summed E-state index contributed by atoms with van der Waals surface area (Å²) in [5.41, 5.74) is 4.32. The first-order valence-electron chi connectivity index (χ1n) is 10.2. The molecule has 1 heterocycles. The van der Waals surface area contributed by atoms with Crippen molar-refractivity contribution in [2.45, 2.75) is 32.1 Å². The minimum atomic E-state index is -0.314. The Morgan fingerprint density at radius 1 is 0.828 bits per heavy atom. The molecule has 0 saturated heterocycles. The molecule has 3 rings (SSSR count). The number of benzene rings is 2. The molecule has 0 aliphatic heterocycles. The van der Waals surface area contributed by atoms with E-state index in [1.54, 1.807) is 18.4 Å². The maximum atomic E-state index is 13.1. The third-order valence-corrected chi connectivity index (χ3v) is 5.31. The van der Waals surface area contributed by atoms with Gasteiger partial charge in [0.15, 0.2) is 5.76 Å². The van der Waals surface area contributed by atoms with Crippen LogP contribution in [0.4, 0.5) is 0 Å². The molecule has 0 aliphatic carbocycles. The predicted molar refractivity (Wildman–Crippen MR) is 119 cm³/mol. The zero-order valence-electron chi connectivity index (χ0n) is 16.8. The summed E-state index contributed by atoms with van der Waals surface area (Å²) in [6, 6.07) is 24.1. The Hall–Kier alpha value is -3.13. The summed E-state index contributed by atoms with van der Waals surface area (Å²) in [5, 5.41) is 0. The van der Waals surface area contributed by atoms with Gasteiger partial charge < -0.3 is 4.42 Å². The fourth-order valence-electron chi connectivity index (χ4n) is 3.57. The van der Waals surface area contributed by atoms with Gasteiger partial charge >= 0.3 is 0 Å². The quantitative estimate of drug-likeness (QED) is 0.267. The second-order valence-corrected chi connectivity index (χ2v) is 7.39. The number of ketones is 1. The Balaban J connectivity index is 1.64. The van der Waals surface area contributed by atoms with Gasteiger partial charge in [-0.1, -0.05) is 79.4 Å². The summed E-state index contributed by atoms with van der Waals surface area (Å²) < 4.78 is 5.38. The third kappa shape index (κ3) is 5.92. The smallest absolute Gasteiger partial charge is 0.205 e. The maximum Gasteiger partial charge on any atom is 0.205 e. The molecule has 0 bridgehead atoms. The Bertz CT molecular complexity index is 921. The summed E-state index contributed by atoms with van der Waals surface area (Å²) in [6.07, 6.45) is 5.87. The molecule has 0 fully saturated rings. The average Bonchev–Trinajstić information content (AvgIpc) is 3.30. The molecule has 1 atom stereocenters. The zero-order valence-corrected chi connectivity index (χ0v) is 16.8. The van der Waals surface area contributed by atoms with Crippen LogP contribution in [0.2, 0.25) is 0 Å². The lowest BCUT2D eigenvalue weighted by molar-refractivity contribution is 0.0907. The fraction of sp³-hybridized carbons (Fsp3) is 0.222. The van der Waals surface area contributed by atoms with Gasteiger partial charge in [-0.3, -0.25) is 4.79 Å². The van der Waals surface area contributed by atoms with Crippen LogP contribution in [0.5, 0.6) is 0 Å². The minimum absolute atomic E-state index is 0.0138. The molecule has 2 nitrogen and oxygen atoms in total. The van der Waals surface area contributed by atoms with Crippen LogP contribution in [0, 0.1) is 5.92 Å². The van der Waals surface area contributed by atoms with Crippen LogP contribution in [0.1, 0.15) is 40.9 Å². The third-order valence-electron chi connectivity index (χ3n) is 5.31. The van der Waals surface area contributed by atoms with E-state index in [0.29, 0.717) is 12.2 Å². The van der Waals surface area contributed by atoms with Crippen molar-refractivity contribution in [3.63, 3.8) is 0 Å². The Kier molecular flexibility index (Phi) is 7.40. The second-order valence-electron chi connectivity index (χ2n) is 7.39. The molecular weight excluding hydrogens is 356 g/mol. The SMILES string of the molecule is C=C(CCCc1ccccc1)C(=C)C(CCc1ccccc1)C(=O)c1ccco1. The van der Waals surface area contributed by atoms with E-state index in [-0.39, 0.29) is 11.7 Å². The minimum Gasteiger partial charge on any atom is -0.461 e. The van der Waals surface area contributed by atoms with Gasteiger partial charge in [0.2, 0.25) is 5.78 Å². The van der Waals surface area contributed by atoms with Gasteiger partial charge in [-0.05, 0) is 60.9 Å². The standard InChI is InChI=1S/C27H28O2/c1-21(11-9-16-23-12-5-3-6-13-23)22(2)25(27(28)26-17-10-20-29-26)19-18-24-14-7-4-8-15-24/h3-8,10,12-15,17,20,25H,1-2,9,11,16,18-19H2. The number of Topliss-reactive ketones (excluding diaryl/α,β-unsaturated/α-hetero) is 1. The topological polar surface area (TPSA) is 30.2 Å². The van der Waals surface area contributed by atoms with Crippen molar-refractivity contribution >= 4 is 5.78 Å². The first-order valence-corrected chi connectivity index (χ1v) is 10.2. The van der Waals surface area contributed by atoms with E-state index in [1.807, 2.05) is 24.3 Å². The molecule has 0 saturated carbocycles. The molecular formula is C27H28O2. The van der Waals surface area contributed by atoms with Crippen LogP contribution in [0.15, 0.2) is 108 Å². The predicted octanol–water partition coefficient (Wildman–Crippen LogP) is 6.85. The average molecular weight is 385 g/mol. The Labute approximate surface area is 173 Å². The molecule has 2 aromatic carbocycles. The van der Waals surface area contributed by atoms with Crippen molar-refractivity contribution in [2.24, 2.45) is 5.92 Å². The molecule has 3 aromatic rings. The van der Waals surface area contributed by atoms with Crippen molar-refractivity contribution in [3.05, 3.63) is 120 Å². The summed E-state index contributed by atoms with van der Waals surface area (Å²) in [6.45, 7) is 8.50. The lowest BCUT2D eigenvalue weighted by atomic mass is 9.83. The molecule has 148 valence electrons. The highest BCUT2D eigenvalue weighted by molar-refractivity contribution is 5.97. The van der Waals surface area contributed by atoms with E-state index in [1.165, 1.54) is 11.1 Å². The van der Waals surface area contributed by atoms with Crippen LogP contribution in [-0.4, -0.2) is 5.78 Å². The number of aryl methyl sites for hydroxylation is 2. The van der Waals surface area contributed by atoms with E-state index in [4.69, 9.17) is 4.42 Å². The molecule has 1 unspecified atom stereocenters. The number of carbonyl (C=O) groups is 1.